The number of ether oxygens (including phenoxy) is 1. The smallest absolute Gasteiger partial charge is 0.338 e. The van der Waals surface area contributed by atoms with Crippen LogP contribution in [0.1, 0.15) is 31.8 Å². The molecule has 2 aromatic rings. The van der Waals surface area contributed by atoms with Crippen LogP contribution in [0.5, 0.6) is 0 Å². The van der Waals surface area contributed by atoms with E-state index in [0.29, 0.717) is 15.6 Å². The van der Waals surface area contributed by atoms with Gasteiger partial charge in [-0.2, -0.15) is 0 Å². The average molecular weight is 355 g/mol. The van der Waals surface area contributed by atoms with Crippen molar-refractivity contribution in [2.75, 3.05) is 7.11 Å². The molecule has 0 unspecified atom stereocenters. The fraction of sp³-hybridized carbons (Fsp3) is 0.176. The van der Waals surface area contributed by atoms with Crippen LogP contribution in [0.25, 0.3) is 0 Å². The summed E-state index contributed by atoms with van der Waals surface area (Å²) in [5, 5.41) is 9.63. The molecule has 0 aromatic heterocycles. The number of methoxy groups -OCH3 is 1. The maximum Gasteiger partial charge on any atom is 0.338 e. The van der Waals surface area contributed by atoms with Gasteiger partial charge in [0.15, 0.2) is 0 Å². The highest BCUT2D eigenvalue weighted by atomic mass is 35.5. The number of aryl methyl sites for hydroxylation is 2. The zero-order valence-electron chi connectivity index (χ0n) is 12.9. The summed E-state index contributed by atoms with van der Waals surface area (Å²) >= 11 is 11.3. The number of halogens is 2. The Hall–Kier alpha value is -2.04. The van der Waals surface area contributed by atoms with Gasteiger partial charge in [-0.25, -0.2) is 9.59 Å². The molecule has 23 heavy (non-hydrogen) atoms. The minimum Gasteiger partial charge on any atom is -0.478 e. The molecule has 0 aliphatic heterocycles. The fourth-order valence-electron chi connectivity index (χ4n) is 1.75. The predicted molar refractivity (Wildman–Crippen MR) is 90.7 cm³/mol. The normalized spacial score (nSPS) is 9.61. The number of carbonyl (C=O) groups excluding carboxylic acids is 1. The summed E-state index contributed by atoms with van der Waals surface area (Å²) < 4.78 is 4.57. The van der Waals surface area contributed by atoms with Gasteiger partial charge in [0, 0.05) is 10.0 Å². The predicted octanol–water partition coefficient (Wildman–Crippen LogP) is 4.78. The molecule has 1 N–H and O–H groups in total. The molecule has 6 heteroatoms. The molecule has 0 spiro atoms. The van der Waals surface area contributed by atoms with Gasteiger partial charge in [0.1, 0.15) is 0 Å². The van der Waals surface area contributed by atoms with Gasteiger partial charge in [0.25, 0.3) is 0 Å². The number of carboxylic acids is 1. The van der Waals surface area contributed by atoms with E-state index in [1.165, 1.54) is 13.2 Å². The van der Waals surface area contributed by atoms with Crippen LogP contribution in [0.4, 0.5) is 0 Å². The first-order valence-electron chi connectivity index (χ1n) is 6.60. The van der Waals surface area contributed by atoms with Crippen molar-refractivity contribution in [3.8, 4) is 0 Å². The number of esters is 1. The summed E-state index contributed by atoms with van der Waals surface area (Å²) in [6.45, 7) is 3.57. The number of rotatable bonds is 2. The number of aromatic carboxylic acids is 1. The third-order valence-electron chi connectivity index (χ3n) is 3.03. The van der Waals surface area contributed by atoms with Crippen molar-refractivity contribution in [1.29, 1.82) is 0 Å². The highest BCUT2D eigenvalue weighted by Crippen LogP contribution is 2.16. The van der Waals surface area contributed by atoms with Crippen LogP contribution in [-0.2, 0) is 4.74 Å². The summed E-state index contributed by atoms with van der Waals surface area (Å²) in [6.07, 6.45) is 0. The molecule has 0 radical (unpaired) electrons. The zero-order valence-corrected chi connectivity index (χ0v) is 14.4. The van der Waals surface area contributed by atoms with Gasteiger partial charge in [-0.3, -0.25) is 0 Å². The number of carboxylic acid groups (broad SMARTS) is 1. The maximum atomic E-state index is 11.1. The van der Waals surface area contributed by atoms with Crippen molar-refractivity contribution in [2.24, 2.45) is 0 Å². The average Bonchev–Trinajstić information content (AvgIpc) is 2.51. The minimum atomic E-state index is -0.940. The molecular weight excluding hydrogens is 339 g/mol. The summed E-state index contributed by atoms with van der Waals surface area (Å²) in [5.41, 5.74) is 2.37. The van der Waals surface area contributed by atoms with Crippen molar-refractivity contribution in [2.45, 2.75) is 13.8 Å². The molecule has 0 bridgehead atoms. The van der Waals surface area contributed by atoms with Crippen molar-refractivity contribution in [1.82, 2.24) is 0 Å². The molecule has 0 atom stereocenters. The Balaban J connectivity index is 0.000000231. The Bertz CT molecular complexity index is 727. The second-order valence-corrected chi connectivity index (χ2v) is 5.59. The maximum absolute atomic E-state index is 11.1. The molecule has 4 nitrogen and oxygen atoms in total. The van der Waals surface area contributed by atoms with Crippen molar-refractivity contribution in [3.63, 3.8) is 0 Å². The molecular formula is C17H16Cl2O4. The number of benzene rings is 2. The number of carbonyl (C=O) groups is 2. The molecule has 0 saturated carbocycles. The minimum absolute atomic E-state index is 0.262. The van der Waals surface area contributed by atoms with E-state index in [1.807, 2.05) is 6.92 Å². The van der Waals surface area contributed by atoms with E-state index < -0.39 is 5.97 Å². The van der Waals surface area contributed by atoms with Crippen LogP contribution in [0.15, 0.2) is 36.4 Å². The lowest BCUT2D eigenvalue weighted by atomic mass is 10.1. The Morgan fingerprint density at radius 3 is 1.74 bits per heavy atom. The molecule has 0 heterocycles. The molecule has 0 aliphatic carbocycles. The van der Waals surface area contributed by atoms with Gasteiger partial charge in [0.05, 0.1) is 18.2 Å². The Morgan fingerprint density at radius 2 is 1.35 bits per heavy atom. The van der Waals surface area contributed by atoms with Crippen molar-refractivity contribution >= 4 is 35.1 Å². The Morgan fingerprint density at radius 1 is 0.913 bits per heavy atom. The first-order chi connectivity index (χ1) is 10.8. The topological polar surface area (TPSA) is 63.6 Å². The molecule has 0 saturated heterocycles. The van der Waals surface area contributed by atoms with E-state index in [1.54, 1.807) is 37.3 Å². The first kappa shape index (κ1) is 19.0. The van der Waals surface area contributed by atoms with E-state index in [9.17, 15) is 9.59 Å². The van der Waals surface area contributed by atoms with Gasteiger partial charge in [0.2, 0.25) is 0 Å². The third kappa shape index (κ3) is 5.58. The standard InChI is InChI=1S/C9H9ClO2.C8H7ClO2/c1-6-3-4-7(10)5-8(6)9(11)12-2;1-5-2-3-6(9)4-7(5)8(10)11/h3-5H,1-2H3;2-4H,1H3,(H,10,11). The summed E-state index contributed by atoms with van der Waals surface area (Å²) in [7, 11) is 1.35. The van der Waals surface area contributed by atoms with Gasteiger partial charge < -0.3 is 9.84 Å². The van der Waals surface area contributed by atoms with Crippen LogP contribution < -0.4 is 0 Å². The number of hydrogen-bond donors (Lipinski definition) is 1. The molecule has 2 rings (SSSR count). The quantitative estimate of drug-likeness (QED) is 0.788. The lowest BCUT2D eigenvalue weighted by molar-refractivity contribution is 0.0599. The monoisotopic (exact) mass is 354 g/mol. The highest BCUT2D eigenvalue weighted by Gasteiger charge is 2.08. The molecule has 0 fully saturated rings. The van der Waals surface area contributed by atoms with Crippen LogP contribution in [0.2, 0.25) is 10.0 Å². The number of hydrogen-bond acceptors (Lipinski definition) is 3. The van der Waals surface area contributed by atoms with Gasteiger partial charge in [-0.05, 0) is 49.2 Å². The molecule has 0 amide bonds. The van der Waals surface area contributed by atoms with Crippen LogP contribution in [0, 0.1) is 13.8 Å². The SMILES string of the molecule is COC(=O)c1cc(Cl)ccc1C.Cc1ccc(Cl)cc1C(=O)O. The summed E-state index contributed by atoms with van der Waals surface area (Å²) in [6, 6.07) is 9.93. The largest absolute Gasteiger partial charge is 0.478 e. The van der Waals surface area contributed by atoms with Gasteiger partial charge >= 0.3 is 11.9 Å². The second-order valence-electron chi connectivity index (χ2n) is 4.72. The van der Waals surface area contributed by atoms with Crippen LogP contribution in [-0.4, -0.2) is 24.2 Å². The van der Waals surface area contributed by atoms with Crippen LogP contribution >= 0.6 is 23.2 Å². The van der Waals surface area contributed by atoms with E-state index in [4.69, 9.17) is 28.3 Å². The molecule has 2 aromatic carbocycles. The third-order valence-corrected chi connectivity index (χ3v) is 3.51. The van der Waals surface area contributed by atoms with E-state index in [0.717, 1.165) is 11.1 Å². The van der Waals surface area contributed by atoms with Crippen LogP contribution in [0.3, 0.4) is 0 Å². The highest BCUT2D eigenvalue weighted by molar-refractivity contribution is 6.31. The fourth-order valence-corrected chi connectivity index (χ4v) is 2.09. The molecule has 122 valence electrons. The lowest BCUT2D eigenvalue weighted by Gasteiger charge is -2.02. The second kappa shape index (κ2) is 8.56. The molecule has 0 aliphatic rings. The summed E-state index contributed by atoms with van der Waals surface area (Å²) in [4.78, 5) is 21.6. The van der Waals surface area contributed by atoms with E-state index in [-0.39, 0.29) is 11.5 Å². The van der Waals surface area contributed by atoms with E-state index in [2.05, 4.69) is 4.74 Å². The van der Waals surface area contributed by atoms with Gasteiger partial charge in [-0.1, -0.05) is 35.3 Å². The summed E-state index contributed by atoms with van der Waals surface area (Å²) in [5.74, 6) is -1.29. The Kier molecular flexibility index (Phi) is 7.07. The first-order valence-corrected chi connectivity index (χ1v) is 7.35. The van der Waals surface area contributed by atoms with Crippen molar-refractivity contribution in [3.05, 3.63) is 68.7 Å². The Labute approximate surface area is 144 Å². The van der Waals surface area contributed by atoms with Gasteiger partial charge in [-0.15, -0.1) is 0 Å². The van der Waals surface area contributed by atoms with Crippen molar-refractivity contribution < 1.29 is 19.4 Å². The lowest BCUT2D eigenvalue weighted by Crippen LogP contribution is -2.03. The zero-order chi connectivity index (χ0) is 17.6. The van der Waals surface area contributed by atoms with E-state index >= 15 is 0 Å².